The quantitative estimate of drug-likeness (QED) is 0.629. The molecule has 0 bridgehead atoms. The van der Waals surface area contributed by atoms with E-state index in [0.717, 1.165) is 23.6 Å². The molecule has 1 aromatic carbocycles. The van der Waals surface area contributed by atoms with Gasteiger partial charge in [-0.2, -0.15) is 0 Å². The van der Waals surface area contributed by atoms with Crippen LogP contribution in [0, 0.1) is 11.8 Å². The molecule has 1 saturated heterocycles. The molecule has 158 valence electrons. The van der Waals surface area contributed by atoms with Crippen molar-refractivity contribution in [1.29, 1.82) is 0 Å². The van der Waals surface area contributed by atoms with E-state index in [2.05, 4.69) is 6.58 Å². The molecule has 3 rings (SSSR count). The lowest BCUT2D eigenvalue weighted by atomic mass is 9.84. The molecule has 29 heavy (non-hydrogen) atoms. The second-order valence-corrected chi connectivity index (χ2v) is 8.00. The number of hydrogen-bond donors (Lipinski definition) is 0. The number of ether oxygens (including phenoxy) is 2. The van der Waals surface area contributed by atoms with E-state index in [-0.39, 0.29) is 17.7 Å². The Morgan fingerprint density at radius 2 is 1.90 bits per heavy atom. The third-order valence-corrected chi connectivity index (χ3v) is 6.20. The second kappa shape index (κ2) is 9.81. The number of amides is 2. The summed E-state index contributed by atoms with van der Waals surface area (Å²) in [6.07, 6.45) is 6.39. The van der Waals surface area contributed by atoms with Gasteiger partial charge in [0.1, 0.15) is 11.5 Å². The van der Waals surface area contributed by atoms with Crippen molar-refractivity contribution in [2.75, 3.05) is 33.9 Å². The molecule has 1 aromatic rings. The van der Waals surface area contributed by atoms with Crippen molar-refractivity contribution in [3.8, 4) is 11.5 Å². The Hall–Kier alpha value is -2.50. The fraction of sp³-hybridized carbons (Fsp3) is 0.565. The first-order valence-electron chi connectivity index (χ1n) is 10.5. The molecule has 1 aliphatic carbocycles. The number of nitrogens with zero attached hydrogens (tertiary/aromatic N) is 2. The lowest BCUT2D eigenvalue weighted by molar-refractivity contribution is -0.140. The van der Waals surface area contributed by atoms with Crippen molar-refractivity contribution in [2.45, 2.75) is 38.6 Å². The zero-order valence-corrected chi connectivity index (χ0v) is 17.6. The number of hydrogen-bond acceptors (Lipinski definition) is 4. The molecule has 0 radical (unpaired) electrons. The number of carbonyl (C=O) groups is 2. The summed E-state index contributed by atoms with van der Waals surface area (Å²) in [5.74, 6) is 2.17. The fourth-order valence-corrected chi connectivity index (χ4v) is 4.14. The van der Waals surface area contributed by atoms with Gasteiger partial charge in [0.15, 0.2) is 0 Å². The van der Waals surface area contributed by atoms with Gasteiger partial charge in [-0.05, 0) is 49.8 Å². The second-order valence-electron chi connectivity index (χ2n) is 8.00. The van der Waals surface area contributed by atoms with Crippen LogP contribution in [0.3, 0.4) is 0 Å². The standard InChI is InChI=1S/C23H32N2O4/c1-4-22(26)24-12-10-18(11-13-24)23(27)25(15-17-6-5-7-17)16-19-8-9-20(28-2)14-21(19)29-3/h4,8-9,14,17-18H,1,5-7,10-13,15-16H2,2-3H3. The monoisotopic (exact) mass is 400 g/mol. The minimum absolute atomic E-state index is 0.0341. The summed E-state index contributed by atoms with van der Waals surface area (Å²) < 4.78 is 10.8. The first kappa shape index (κ1) is 21.2. The Kier molecular flexibility index (Phi) is 7.18. The number of rotatable bonds is 8. The van der Waals surface area contributed by atoms with Gasteiger partial charge in [0, 0.05) is 43.7 Å². The Labute approximate surface area is 173 Å². The van der Waals surface area contributed by atoms with Gasteiger partial charge in [-0.3, -0.25) is 9.59 Å². The number of piperidine rings is 1. The van der Waals surface area contributed by atoms with Crippen LogP contribution in [0.25, 0.3) is 0 Å². The van der Waals surface area contributed by atoms with E-state index in [1.807, 2.05) is 23.1 Å². The number of benzene rings is 1. The molecule has 0 N–H and O–H groups in total. The predicted octanol–water partition coefficient (Wildman–Crippen LogP) is 3.26. The molecular formula is C23H32N2O4. The van der Waals surface area contributed by atoms with Crippen molar-refractivity contribution >= 4 is 11.8 Å². The molecular weight excluding hydrogens is 368 g/mol. The summed E-state index contributed by atoms with van der Waals surface area (Å²) in [4.78, 5) is 29.0. The zero-order valence-electron chi connectivity index (χ0n) is 17.6. The Morgan fingerprint density at radius 3 is 2.45 bits per heavy atom. The average molecular weight is 401 g/mol. The van der Waals surface area contributed by atoms with E-state index in [1.165, 1.54) is 25.3 Å². The first-order valence-corrected chi connectivity index (χ1v) is 10.5. The lowest BCUT2D eigenvalue weighted by Crippen LogP contribution is -2.45. The van der Waals surface area contributed by atoms with Crippen LogP contribution in [0.15, 0.2) is 30.9 Å². The number of carbonyl (C=O) groups excluding carboxylic acids is 2. The normalized spacial score (nSPS) is 17.4. The van der Waals surface area contributed by atoms with Gasteiger partial charge in [0.2, 0.25) is 11.8 Å². The lowest BCUT2D eigenvalue weighted by Gasteiger charge is -2.37. The van der Waals surface area contributed by atoms with E-state index >= 15 is 0 Å². The van der Waals surface area contributed by atoms with Crippen LogP contribution >= 0.6 is 0 Å². The van der Waals surface area contributed by atoms with Crippen LogP contribution in [-0.2, 0) is 16.1 Å². The first-order chi connectivity index (χ1) is 14.0. The molecule has 0 unspecified atom stereocenters. The molecule has 0 spiro atoms. The van der Waals surface area contributed by atoms with Crippen LogP contribution in [0.2, 0.25) is 0 Å². The van der Waals surface area contributed by atoms with Crippen molar-refractivity contribution in [1.82, 2.24) is 9.80 Å². The predicted molar refractivity (Wildman–Crippen MR) is 112 cm³/mol. The maximum atomic E-state index is 13.4. The van der Waals surface area contributed by atoms with Gasteiger partial charge in [-0.25, -0.2) is 0 Å². The van der Waals surface area contributed by atoms with E-state index in [0.29, 0.717) is 38.4 Å². The minimum Gasteiger partial charge on any atom is -0.497 e. The highest BCUT2D eigenvalue weighted by molar-refractivity contribution is 5.87. The molecule has 6 nitrogen and oxygen atoms in total. The number of likely N-dealkylation sites (tertiary alicyclic amines) is 1. The van der Waals surface area contributed by atoms with Crippen molar-refractivity contribution < 1.29 is 19.1 Å². The summed E-state index contributed by atoms with van der Waals surface area (Å²) in [5.41, 5.74) is 0.986. The van der Waals surface area contributed by atoms with Crippen molar-refractivity contribution in [2.24, 2.45) is 11.8 Å². The summed E-state index contributed by atoms with van der Waals surface area (Å²) >= 11 is 0. The SMILES string of the molecule is C=CC(=O)N1CCC(C(=O)N(Cc2ccc(OC)cc2OC)CC2CCC2)CC1. The van der Waals surface area contributed by atoms with Gasteiger partial charge in [-0.15, -0.1) is 0 Å². The molecule has 0 atom stereocenters. The fourth-order valence-electron chi connectivity index (χ4n) is 4.14. The van der Waals surface area contributed by atoms with Gasteiger partial charge >= 0.3 is 0 Å². The zero-order chi connectivity index (χ0) is 20.8. The highest BCUT2D eigenvalue weighted by atomic mass is 16.5. The average Bonchev–Trinajstić information content (AvgIpc) is 2.74. The summed E-state index contributed by atoms with van der Waals surface area (Å²) in [7, 11) is 3.27. The van der Waals surface area contributed by atoms with Crippen LogP contribution < -0.4 is 9.47 Å². The van der Waals surface area contributed by atoms with Crippen molar-refractivity contribution in [3.63, 3.8) is 0 Å². The van der Waals surface area contributed by atoms with Gasteiger partial charge in [-0.1, -0.05) is 13.0 Å². The maximum Gasteiger partial charge on any atom is 0.245 e. The molecule has 1 heterocycles. The van der Waals surface area contributed by atoms with Crippen LogP contribution in [-0.4, -0.2) is 55.5 Å². The maximum absolute atomic E-state index is 13.4. The molecule has 6 heteroatoms. The third kappa shape index (κ3) is 5.11. The van der Waals surface area contributed by atoms with E-state index in [1.54, 1.807) is 19.1 Å². The highest BCUT2D eigenvalue weighted by Crippen LogP contribution is 2.31. The van der Waals surface area contributed by atoms with E-state index in [9.17, 15) is 9.59 Å². The summed E-state index contributed by atoms with van der Waals surface area (Å²) in [6.45, 7) is 6.11. The highest BCUT2D eigenvalue weighted by Gasteiger charge is 2.32. The van der Waals surface area contributed by atoms with Gasteiger partial charge in [0.05, 0.1) is 14.2 Å². The van der Waals surface area contributed by atoms with E-state index in [4.69, 9.17) is 9.47 Å². The minimum atomic E-state index is -0.0507. The number of methoxy groups -OCH3 is 2. The topological polar surface area (TPSA) is 59.1 Å². The smallest absolute Gasteiger partial charge is 0.245 e. The summed E-state index contributed by atoms with van der Waals surface area (Å²) in [6, 6.07) is 5.74. The van der Waals surface area contributed by atoms with Crippen LogP contribution in [0.5, 0.6) is 11.5 Å². The van der Waals surface area contributed by atoms with Crippen LogP contribution in [0.1, 0.15) is 37.7 Å². The molecule has 2 aliphatic rings. The van der Waals surface area contributed by atoms with Gasteiger partial charge < -0.3 is 19.3 Å². The third-order valence-electron chi connectivity index (χ3n) is 6.20. The molecule has 1 aliphatic heterocycles. The Bertz CT molecular complexity index is 736. The molecule has 0 aromatic heterocycles. The van der Waals surface area contributed by atoms with E-state index < -0.39 is 0 Å². The Morgan fingerprint density at radius 1 is 1.17 bits per heavy atom. The Balaban J connectivity index is 1.71. The summed E-state index contributed by atoms with van der Waals surface area (Å²) in [5, 5.41) is 0. The van der Waals surface area contributed by atoms with Gasteiger partial charge in [0.25, 0.3) is 0 Å². The van der Waals surface area contributed by atoms with Crippen LogP contribution in [0.4, 0.5) is 0 Å². The molecule has 2 amide bonds. The molecule has 1 saturated carbocycles. The largest absolute Gasteiger partial charge is 0.497 e. The van der Waals surface area contributed by atoms with Crippen molar-refractivity contribution in [3.05, 3.63) is 36.4 Å². The molecule has 2 fully saturated rings.